The molecule has 0 unspecified atom stereocenters. The second-order valence-corrected chi connectivity index (χ2v) is 5.46. The standard InChI is InChI=1S/C17H32O5.Ti/c1-5-8-11-20-17(21-12-9-6-2,22-13-10-7-3)16(19)14-15(4)18;/h5-14H2,1-4H3;. The Labute approximate surface area is 155 Å². The molecule has 0 aliphatic heterocycles. The summed E-state index contributed by atoms with van der Waals surface area (Å²) in [6, 6.07) is 0. The molecular formula is C17H32O5Ti. The fourth-order valence-corrected chi connectivity index (χ4v) is 1.75. The summed E-state index contributed by atoms with van der Waals surface area (Å²) in [4.78, 5) is 23.8. The van der Waals surface area contributed by atoms with Crippen molar-refractivity contribution in [3.63, 3.8) is 0 Å². The molecule has 0 aliphatic carbocycles. The average Bonchev–Trinajstić information content (AvgIpc) is 2.46. The number of hydrogen-bond donors (Lipinski definition) is 0. The van der Waals surface area contributed by atoms with Crippen molar-refractivity contribution < 1.29 is 45.5 Å². The van der Waals surface area contributed by atoms with Crippen LogP contribution in [0, 0.1) is 0 Å². The summed E-state index contributed by atoms with van der Waals surface area (Å²) in [5.74, 6) is -2.37. The van der Waals surface area contributed by atoms with Crippen LogP contribution in [0.4, 0.5) is 0 Å². The number of unbranched alkanes of at least 4 members (excludes halogenated alkanes) is 3. The van der Waals surface area contributed by atoms with Gasteiger partial charge in [-0.3, -0.25) is 9.59 Å². The molecule has 0 saturated heterocycles. The van der Waals surface area contributed by atoms with Gasteiger partial charge in [0.15, 0.2) is 0 Å². The Morgan fingerprint density at radius 1 is 0.783 bits per heavy atom. The predicted molar refractivity (Wildman–Crippen MR) is 85.6 cm³/mol. The molecule has 0 heterocycles. The molecule has 0 aliphatic rings. The Morgan fingerprint density at radius 2 is 1.13 bits per heavy atom. The van der Waals surface area contributed by atoms with Gasteiger partial charge in [-0.25, -0.2) is 0 Å². The first kappa shape index (κ1) is 25.2. The van der Waals surface area contributed by atoms with E-state index < -0.39 is 11.8 Å². The van der Waals surface area contributed by atoms with E-state index in [9.17, 15) is 9.59 Å². The van der Waals surface area contributed by atoms with Crippen LogP contribution in [0.15, 0.2) is 0 Å². The molecule has 23 heavy (non-hydrogen) atoms. The average molecular weight is 364 g/mol. The monoisotopic (exact) mass is 364 g/mol. The van der Waals surface area contributed by atoms with Crippen LogP contribution < -0.4 is 0 Å². The summed E-state index contributed by atoms with van der Waals surface area (Å²) in [6.45, 7) is 8.62. The number of carbonyl (C=O) groups excluding carboxylic acids is 2. The quantitative estimate of drug-likeness (QED) is 0.192. The molecule has 134 valence electrons. The molecular weight excluding hydrogens is 332 g/mol. The molecule has 6 heteroatoms. The van der Waals surface area contributed by atoms with Crippen molar-refractivity contribution in [2.45, 2.75) is 78.6 Å². The number of ether oxygens (including phenoxy) is 3. The van der Waals surface area contributed by atoms with Gasteiger partial charge in [-0.1, -0.05) is 40.0 Å². The molecule has 0 fully saturated rings. The molecule has 0 aromatic carbocycles. The van der Waals surface area contributed by atoms with Gasteiger partial charge in [-0.15, -0.1) is 0 Å². The molecule has 0 saturated carbocycles. The number of rotatable bonds is 15. The van der Waals surface area contributed by atoms with E-state index in [1.165, 1.54) is 6.92 Å². The van der Waals surface area contributed by atoms with Crippen LogP contribution >= 0.6 is 0 Å². The zero-order valence-electron chi connectivity index (χ0n) is 15.1. The molecule has 5 nitrogen and oxygen atoms in total. The van der Waals surface area contributed by atoms with Crippen molar-refractivity contribution >= 4 is 11.6 Å². The Hall–Kier alpha value is -0.0657. The van der Waals surface area contributed by atoms with E-state index in [1.54, 1.807) is 0 Å². The maximum Gasteiger partial charge on any atom is 0.347 e. The summed E-state index contributed by atoms with van der Waals surface area (Å²) >= 11 is 0. The SMILES string of the molecule is CCCCOC(OCCCC)(OCCCC)C(=O)CC(C)=O.[Ti]. The van der Waals surface area contributed by atoms with Gasteiger partial charge < -0.3 is 14.2 Å². The molecule has 0 spiro atoms. The molecule has 0 radical (unpaired) electrons. The van der Waals surface area contributed by atoms with E-state index in [2.05, 4.69) is 0 Å². The maximum atomic E-state index is 12.5. The van der Waals surface area contributed by atoms with Crippen molar-refractivity contribution in [3.8, 4) is 0 Å². The van der Waals surface area contributed by atoms with E-state index in [1.807, 2.05) is 20.8 Å². The minimum Gasteiger partial charge on any atom is -0.321 e. The number of carbonyl (C=O) groups is 2. The third-order valence-corrected chi connectivity index (χ3v) is 3.12. The van der Waals surface area contributed by atoms with Gasteiger partial charge in [0.1, 0.15) is 5.78 Å². The number of Topliss-reactive ketones (excluding diaryl/α,β-unsaturated/α-hetero) is 2. The van der Waals surface area contributed by atoms with Crippen LogP contribution in [0.2, 0.25) is 0 Å². The minimum atomic E-state index is -1.72. The van der Waals surface area contributed by atoms with Gasteiger partial charge in [0.05, 0.1) is 26.2 Å². The molecule has 0 atom stereocenters. The van der Waals surface area contributed by atoms with Crippen LogP contribution in [0.3, 0.4) is 0 Å². The Balaban J connectivity index is 0. The maximum absolute atomic E-state index is 12.5. The second kappa shape index (κ2) is 15.5. The molecule has 0 aromatic heterocycles. The van der Waals surface area contributed by atoms with E-state index >= 15 is 0 Å². The van der Waals surface area contributed by atoms with E-state index in [4.69, 9.17) is 14.2 Å². The first-order valence-electron chi connectivity index (χ1n) is 8.47. The normalized spacial score (nSPS) is 11.1. The predicted octanol–water partition coefficient (Wildman–Crippen LogP) is 3.64. The van der Waals surface area contributed by atoms with E-state index in [0.717, 1.165) is 38.5 Å². The molecule has 0 aromatic rings. The Kier molecular flexibility index (Phi) is 16.9. The van der Waals surface area contributed by atoms with Gasteiger partial charge in [-0.05, 0) is 26.2 Å². The third kappa shape index (κ3) is 11.2. The van der Waals surface area contributed by atoms with E-state index in [0.29, 0.717) is 19.8 Å². The van der Waals surface area contributed by atoms with Gasteiger partial charge >= 0.3 is 5.97 Å². The minimum absolute atomic E-state index is 0. The topological polar surface area (TPSA) is 61.8 Å². The summed E-state index contributed by atoms with van der Waals surface area (Å²) in [5, 5.41) is 0. The molecule has 0 bridgehead atoms. The van der Waals surface area contributed by atoms with Gasteiger partial charge in [0, 0.05) is 21.7 Å². The fraction of sp³-hybridized carbons (Fsp3) is 0.882. The zero-order valence-corrected chi connectivity index (χ0v) is 16.7. The number of ketones is 2. The summed E-state index contributed by atoms with van der Waals surface area (Å²) in [7, 11) is 0. The van der Waals surface area contributed by atoms with E-state index in [-0.39, 0.29) is 33.9 Å². The Morgan fingerprint density at radius 3 is 1.39 bits per heavy atom. The van der Waals surface area contributed by atoms with Crippen molar-refractivity contribution in [1.82, 2.24) is 0 Å². The second-order valence-electron chi connectivity index (χ2n) is 5.46. The fourth-order valence-electron chi connectivity index (χ4n) is 1.75. The summed E-state index contributed by atoms with van der Waals surface area (Å²) < 4.78 is 17.0. The van der Waals surface area contributed by atoms with Crippen molar-refractivity contribution in [2.24, 2.45) is 0 Å². The first-order valence-corrected chi connectivity index (χ1v) is 8.47. The van der Waals surface area contributed by atoms with Crippen LogP contribution in [0.25, 0.3) is 0 Å². The third-order valence-electron chi connectivity index (χ3n) is 3.12. The zero-order chi connectivity index (χ0) is 16.8. The van der Waals surface area contributed by atoms with Gasteiger partial charge in [-0.2, -0.15) is 0 Å². The van der Waals surface area contributed by atoms with Crippen LogP contribution in [0.1, 0.15) is 72.6 Å². The molecule has 0 N–H and O–H groups in total. The smallest absolute Gasteiger partial charge is 0.321 e. The molecule has 0 rings (SSSR count). The summed E-state index contributed by atoms with van der Waals surface area (Å²) in [6.07, 6.45) is 5.03. The Bertz CT molecular complexity index is 294. The van der Waals surface area contributed by atoms with Crippen molar-refractivity contribution in [1.29, 1.82) is 0 Å². The number of hydrogen-bond acceptors (Lipinski definition) is 5. The molecule has 0 amide bonds. The van der Waals surface area contributed by atoms with Crippen molar-refractivity contribution in [2.75, 3.05) is 19.8 Å². The largest absolute Gasteiger partial charge is 0.347 e. The van der Waals surface area contributed by atoms with Gasteiger partial charge in [0.2, 0.25) is 5.78 Å². The van der Waals surface area contributed by atoms with Gasteiger partial charge in [0.25, 0.3) is 0 Å². The summed E-state index contributed by atoms with van der Waals surface area (Å²) in [5.41, 5.74) is 0. The van der Waals surface area contributed by atoms with Crippen molar-refractivity contribution in [3.05, 3.63) is 0 Å². The van der Waals surface area contributed by atoms with Crippen LogP contribution in [-0.2, 0) is 45.5 Å². The first-order chi connectivity index (χ1) is 10.5. The van der Waals surface area contributed by atoms with Crippen LogP contribution in [-0.4, -0.2) is 37.4 Å². The van der Waals surface area contributed by atoms with Crippen LogP contribution in [0.5, 0.6) is 0 Å².